The number of esters is 1. The minimum absolute atomic E-state index is 0.00853. The summed E-state index contributed by atoms with van der Waals surface area (Å²) in [4.78, 5) is 30.4. The maximum atomic E-state index is 12.9. The van der Waals surface area contributed by atoms with Crippen molar-refractivity contribution in [2.24, 2.45) is 16.6 Å². The highest BCUT2D eigenvalue weighted by Gasteiger charge is 2.58. The van der Waals surface area contributed by atoms with Gasteiger partial charge in [-0.3, -0.25) is 10.3 Å². The van der Waals surface area contributed by atoms with E-state index in [1.54, 1.807) is 0 Å². The number of guanidine groups is 1. The lowest BCUT2D eigenvalue weighted by molar-refractivity contribution is -0.412. The Morgan fingerprint density at radius 2 is 1.98 bits per heavy atom. The number of hydrogen-bond donors (Lipinski definition) is 10. The molecule has 0 amide bonds. The van der Waals surface area contributed by atoms with Gasteiger partial charge in [0.1, 0.15) is 29.6 Å². The summed E-state index contributed by atoms with van der Waals surface area (Å²) in [5, 5.41) is 78.7. The van der Waals surface area contributed by atoms with Crippen molar-refractivity contribution in [2.45, 2.75) is 42.3 Å². The molecule has 11 N–H and O–H groups in total. The summed E-state index contributed by atoms with van der Waals surface area (Å²) >= 11 is 0. The second kappa shape index (κ2) is 16.5. The zero-order chi connectivity index (χ0) is 35.8. The summed E-state index contributed by atoms with van der Waals surface area (Å²) in [7, 11) is 3.94. The third kappa shape index (κ3) is 8.04. The molecule has 1 fully saturated rings. The van der Waals surface area contributed by atoms with Crippen LogP contribution in [0.15, 0.2) is 64.7 Å². The molecule has 0 bridgehead atoms. The van der Waals surface area contributed by atoms with Crippen LogP contribution >= 0.6 is 0 Å². The molecule has 0 aliphatic carbocycles. The second-order valence-corrected chi connectivity index (χ2v) is 10.8. The molecule has 3 aliphatic heterocycles. The summed E-state index contributed by atoms with van der Waals surface area (Å²) in [5.74, 6) is -6.88. The molecule has 0 radical (unpaired) electrons. The number of nitrogens with zero attached hydrogens (tertiary/aromatic N) is 2. The first-order valence-corrected chi connectivity index (χ1v) is 14.6. The van der Waals surface area contributed by atoms with Gasteiger partial charge in [0, 0.05) is 26.3 Å². The molecule has 0 aromatic carbocycles. The number of rotatable bonds is 14. The van der Waals surface area contributed by atoms with Crippen molar-refractivity contribution in [3.05, 3.63) is 59.7 Å². The first-order chi connectivity index (χ1) is 22.7. The number of hydrogen-bond acceptors (Lipinski definition) is 16. The van der Waals surface area contributed by atoms with E-state index in [4.69, 9.17) is 29.4 Å². The molecule has 3 aliphatic rings. The Morgan fingerprint density at radius 3 is 2.54 bits per heavy atom. The first kappa shape index (κ1) is 38.6. The number of nitrogens with one attached hydrogen (secondary N) is 2. The van der Waals surface area contributed by atoms with Gasteiger partial charge in [0.15, 0.2) is 18.4 Å². The van der Waals surface area contributed by atoms with Gasteiger partial charge in [-0.15, -0.1) is 6.58 Å². The summed E-state index contributed by atoms with van der Waals surface area (Å²) in [6.07, 6.45) is -2.90. The van der Waals surface area contributed by atoms with Gasteiger partial charge >= 0.3 is 11.9 Å². The number of aliphatic imine (C=N–C) groups is 1. The molecule has 19 heteroatoms. The number of methoxy groups -OCH3 is 1. The molecule has 19 nitrogen and oxygen atoms in total. The van der Waals surface area contributed by atoms with Crippen molar-refractivity contribution >= 4 is 17.9 Å². The van der Waals surface area contributed by atoms with Crippen LogP contribution in [0.1, 0.15) is 0 Å². The van der Waals surface area contributed by atoms with Crippen molar-refractivity contribution in [1.82, 2.24) is 15.5 Å². The Kier molecular flexibility index (Phi) is 13.2. The molecular formula is C29H43N5O14. The molecular weight excluding hydrogens is 642 g/mol. The van der Waals surface area contributed by atoms with Crippen LogP contribution in [0.25, 0.3) is 0 Å². The summed E-state index contributed by atoms with van der Waals surface area (Å²) < 4.78 is 27.4. The minimum Gasteiger partial charge on any atom is -0.478 e. The first-order valence-electron chi connectivity index (χ1n) is 14.6. The molecule has 7 unspecified atom stereocenters. The molecule has 0 aromatic heterocycles. The lowest BCUT2D eigenvalue weighted by atomic mass is 9.78. The van der Waals surface area contributed by atoms with Crippen molar-refractivity contribution in [2.75, 3.05) is 54.2 Å². The number of ether oxygens (including phenoxy) is 5. The van der Waals surface area contributed by atoms with E-state index in [0.29, 0.717) is 0 Å². The third-order valence-electron chi connectivity index (χ3n) is 7.76. The molecule has 1 saturated heterocycles. The Bertz CT molecular complexity index is 1350. The van der Waals surface area contributed by atoms with Crippen LogP contribution in [0.3, 0.4) is 0 Å². The number of nitrogens with two attached hydrogens (primary N) is 1. The minimum atomic E-state index is -3.00. The Hall–Kier alpha value is -3.89. The number of carbonyl (C=O) groups excluding carboxylic acids is 1. The van der Waals surface area contributed by atoms with Crippen LogP contribution in [-0.4, -0.2) is 155 Å². The van der Waals surface area contributed by atoms with Gasteiger partial charge in [0.05, 0.1) is 44.2 Å². The number of carboxylic acids is 1. The Morgan fingerprint density at radius 1 is 1.27 bits per heavy atom. The van der Waals surface area contributed by atoms with Crippen molar-refractivity contribution in [3.8, 4) is 0 Å². The molecule has 268 valence electrons. The van der Waals surface area contributed by atoms with Crippen LogP contribution < -0.4 is 16.4 Å². The van der Waals surface area contributed by atoms with Crippen molar-refractivity contribution in [3.63, 3.8) is 0 Å². The van der Waals surface area contributed by atoms with Gasteiger partial charge in [-0.05, 0) is 18.7 Å². The van der Waals surface area contributed by atoms with Gasteiger partial charge in [0.2, 0.25) is 12.1 Å². The number of aliphatic hydroxyl groups is 6. The lowest BCUT2D eigenvalue weighted by Gasteiger charge is -2.48. The fourth-order valence-corrected chi connectivity index (χ4v) is 5.24. The van der Waals surface area contributed by atoms with Crippen molar-refractivity contribution in [1.29, 1.82) is 0 Å². The van der Waals surface area contributed by atoms with Gasteiger partial charge in [0.25, 0.3) is 0 Å². The van der Waals surface area contributed by atoms with E-state index in [1.807, 2.05) is 0 Å². The molecule has 0 saturated carbocycles. The van der Waals surface area contributed by atoms with Crippen LogP contribution in [0.5, 0.6) is 0 Å². The predicted octanol–water partition coefficient (Wildman–Crippen LogP) is -4.11. The van der Waals surface area contributed by atoms with Crippen LogP contribution in [0, 0.1) is 5.92 Å². The highest BCUT2D eigenvalue weighted by atomic mass is 16.8. The molecule has 0 spiro atoms. The summed E-state index contributed by atoms with van der Waals surface area (Å²) in [5.41, 5.74) is 3.07. The number of β-amino-alcohol motifs (C(OH)–C–C–N with tert-alkyl or cyclic N) is 1. The van der Waals surface area contributed by atoms with E-state index in [2.05, 4.69) is 22.2 Å². The number of carboxylic acid groups (broad SMARTS) is 1. The monoisotopic (exact) mass is 685 g/mol. The standard InChI is InChI=1S/C29H43N5O14/c1-5-17-25(48-26-22(46-14-31-2)29(42,43)21(37)19(12-36)47-26)45-13-18(24(40)44-4)28(17,41)7-6-15-10-34(8-9-35)11-16(23(38)39)20(15)33-27(30)32-3/h5-7,11,13,17,19,21-22,25-26,31,35-37,41-43H,1,8-10,12,14H2,2-4H3,(H,38,39)(H3,30,32,33). The van der Waals surface area contributed by atoms with E-state index in [9.17, 15) is 45.3 Å². The zero-order valence-corrected chi connectivity index (χ0v) is 26.6. The SMILES string of the molecule is C=CC1C(OC2OC(CO)C(O)C(O)(O)C2OCNC)OC=C(C(=O)OC)C1(O)C=CC1=C(NC(N)=NC)C(C(=O)O)=CN(CCO)C1. The maximum absolute atomic E-state index is 12.9. The van der Waals surface area contributed by atoms with Gasteiger partial charge < -0.3 is 75.4 Å². The molecule has 48 heavy (non-hydrogen) atoms. The van der Waals surface area contributed by atoms with E-state index in [1.165, 1.54) is 37.3 Å². The average Bonchev–Trinajstić information content (AvgIpc) is 3.05. The molecule has 0 aromatic rings. The van der Waals surface area contributed by atoms with Crippen LogP contribution in [-0.2, 0) is 33.3 Å². The smallest absolute Gasteiger partial charge is 0.340 e. The van der Waals surface area contributed by atoms with E-state index >= 15 is 0 Å². The molecule has 3 rings (SSSR count). The Labute approximate surface area is 275 Å². The highest BCUT2D eigenvalue weighted by Crippen LogP contribution is 2.41. The van der Waals surface area contributed by atoms with Gasteiger partial charge in [-0.2, -0.15) is 0 Å². The highest BCUT2D eigenvalue weighted by molar-refractivity contribution is 5.95. The molecule has 7 atom stereocenters. The lowest BCUT2D eigenvalue weighted by Crippen LogP contribution is -2.69. The van der Waals surface area contributed by atoms with Crippen LogP contribution in [0.4, 0.5) is 0 Å². The third-order valence-corrected chi connectivity index (χ3v) is 7.76. The van der Waals surface area contributed by atoms with Gasteiger partial charge in [-0.25, -0.2) is 9.59 Å². The molecule has 3 heterocycles. The van der Waals surface area contributed by atoms with E-state index in [-0.39, 0.29) is 49.2 Å². The average molecular weight is 686 g/mol. The van der Waals surface area contributed by atoms with E-state index in [0.717, 1.165) is 19.4 Å². The maximum Gasteiger partial charge on any atom is 0.340 e. The topological polar surface area (TPSA) is 288 Å². The van der Waals surface area contributed by atoms with Crippen LogP contribution in [0.2, 0.25) is 0 Å². The van der Waals surface area contributed by atoms with E-state index < -0.39 is 72.3 Å². The summed E-state index contributed by atoms with van der Waals surface area (Å²) in [6, 6.07) is 0. The van der Waals surface area contributed by atoms with Crippen molar-refractivity contribution < 1.29 is 69.0 Å². The number of aliphatic carboxylic acids is 1. The van der Waals surface area contributed by atoms with Gasteiger partial charge in [-0.1, -0.05) is 12.2 Å². The summed E-state index contributed by atoms with van der Waals surface area (Å²) in [6.45, 7) is 2.38. The largest absolute Gasteiger partial charge is 0.478 e. The zero-order valence-electron chi connectivity index (χ0n) is 26.6. The quantitative estimate of drug-likeness (QED) is 0.0273. The number of aliphatic hydroxyl groups excluding tert-OH is 3. The predicted molar refractivity (Wildman–Crippen MR) is 164 cm³/mol. The second-order valence-electron chi connectivity index (χ2n) is 10.8. The Balaban J connectivity index is 2.12. The normalized spacial score (nSPS) is 30.8. The fraction of sp³-hybridized carbons (Fsp3) is 0.552. The fourth-order valence-electron chi connectivity index (χ4n) is 5.24. The number of carbonyl (C=O) groups is 2.